The fourth-order valence-corrected chi connectivity index (χ4v) is 9.35. The van der Waals surface area contributed by atoms with E-state index in [2.05, 4.69) is 13.0 Å². The maximum Gasteiger partial charge on any atom is 0.303 e. The van der Waals surface area contributed by atoms with Gasteiger partial charge in [-0.25, -0.2) is 0 Å². The van der Waals surface area contributed by atoms with Gasteiger partial charge in [0.2, 0.25) is 0 Å². The standard InChI is InChI=1S/C32H46O8/c1-17(33)40-27(2,3)13-12-23(36)32(9,39)25-21(35)15-29(6)22-11-10-18-19(14-20(34)26(38)28(18,4)5)31(22,8)24(37)16-30(25,29)7/h10,12-13,19,21-22,25-26,35,38-39H,11,14-16H2,1-9H3/b13-12+/t19?,21-,22?,25+,26?,29+,30-,31+,32+/m0/s1. The smallest absolute Gasteiger partial charge is 0.303 e. The predicted octanol–water partition coefficient (Wildman–Crippen LogP) is 3.50. The Morgan fingerprint density at radius 1 is 1.05 bits per heavy atom. The van der Waals surface area contributed by atoms with Gasteiger partial charge in [0, 0.05) is 36.5 Å². The van der Waals surface area contributed by atoms with E-state index in [0.29, 0.717) is 12.8 Å². The SMILES string of the molecule is CC(=O)OC(C)(C)/C=C/C(=O)[C@@](C)(O)[C@@H]1[C@@H](O)C[C@]2(C)C3CC=C4C(CC(=O)C(O)C4(C)C)[C@@]3(C)C(=O)C[C@@]12C. The van der Waals surface area contributed by atoms with E-state index in [9.17, 15) is 34.5 Å². The lowest BCUT2D eigenvalue weighted by Gasteiger charge is -2.64. The summed E-state index contributed by atoms with van der Waals surface area (Å²) in [4.78, 5) is 52.1. The van der Waals surface area contributed by atoms with Crippen molar-refractivity contribution in [2.24, 2.45) is 39.4 Å². The number of hydrogen-bond donors (Lipinski definition) is 3. The molecule has 3 saturated carbocycles. The number of ketones is 3. The van der Waals surface area contributed by atoms with Crippen LogP contribution < -0.4 is 0 Å². The van der Waals surface area contributed by atoms with Gasteiger partial charge in [-0.2, -0.15) is 0 Å². The molecule has 0 aromatic heterocycles. The molecule has 0 spiro atoms. The molecule has 4 aliphatic carbocycles. The van der Waals surface area contributed by atoms with Gasteiger partial charge in [-0.1, -0.05) is 46.3 Å². The molecule has 3 N–H and O–H groups in total. The molecule has 0 amide bonds. The van der Waals surface area contributed by atoms with Crippen LogP contribution in [-0.2, 0) is 23.9 Å². The zero-order valence-corrected chi connectivity index (χ0v) is 25.3. The maximum atomic E-state index is 14.3. The summed E-state index contributed by atoms with van der Waals surface area (Å²) in [5.74, 6) is -2.96. The van der Waals surface area contributed by atoms with Crippen LogP contribution in [0.4, 0.5) is 0 Å². The lowest BCUT2D eigenvalue weighted by Crippen LogP contribution is -2.65. The van der Waals surface area contributed by atoms with Gasteiger partial charge >= 0.3 is 5.97 Å². The third kappa shape index (κ3) is 4.11. The van der Waals surface area contributed by atoms with Crippen LogP contribution in [0, 0.1) is 39.4 Å². The van der Waals surface area contributed by atoms with Gasteiger partial charge < -0.3 is 20.1 Å². The Morgan fingerprint density at radius 2 is 1.65 bits per heavy atom. The van der Waals surface area contributed by atoms with Crippen LogP contribution in [0.3, 0.4) is 0 Å². The van der Waals surface area contributed by atoms with Crippen LogP contribution in [0.5, 0.6) is 0 Å². The Hall–Kier alpha value is -2.16. The highest BCUT2D eigenvalue weighted by atomic mass is 16.6. The molecule has 4 aliphatic rings. The predicted molar refractivity (Wildman–Crippen MR) is 148 cm³/mol. The molecule has 4 rings (SSSR count). The highest BCUT2D eigenvalue weighted by molar-refractivity contribution is 5.97. The molecular formula is C32H46O8. The van der Waals surface area contributed by atoms with Gasteiger partial charge in [0.15, 0.2) is 11.6 Å². The summed E-state index contributed by atoms with van der Waals surface area (Å²) in [7, 11) is 0. The molecule has 222 valence electrons. The number of carbonyl (C=O) groups excluding carboxylic acids is 4. The second-order valence-electron chi connectivity index (χ2n) is 14.8. The first-order valence-corrected chi connectivity index (χ1v) is 14.4. The Bertz CT molecular complexity index is 1210. The Morgan fingerprint density at radius 3 is 2.23 bits per heavy atom. The summed E-state index contributed by atoms with van der Waals surface area (Å²) in [6.07, 6.45) is 3.50. The number of carbonyl (C=O) groups is 4. The minimum Gasteiger partial charge on any atom is -0.456 e. The molecule has 0 aliphatic heterocycles. The Balaban J connectivity index is 1.75. The molecule has 3 fully saturated rings. The summed E-state index contributed by atoms with van der Waals surface area (Å²) in [5, 5.41) is 33.9. The van der Waals surface area contributed by atoms with Crippen molar-refractivity contribution in [1.29, 1.82) is 0 Å². The van der Waals surface area contributed by atoms with Gasteiger partial charge in [0.1, 0.15) is 23.1 Å². The summed E-state index contributed by atoms with van der Waals surface area (Å²) >= 11 is 0. The quantitative estimate of drug-likeness (QED) is 0.265. The van der Waals surface area contributed by atoms with Crippen molar-refractivity contribution in [3.63, 3.8) is 0 Å². The van der Waals surface area contributed by atoms with Crippen molar-refractivity contribution in [2.45, 2.75) is 111 Å². The molecule has 8 nitrogen and oxygen atoms in total. The summed E-state index contributed by atoms with van der Waals surface area (Å²) < 4.78 is 5.23. The van der Waals surface area contributed by atoms with Gasteiger partial charge in [0.25, 0.3) is 0 Å². The molecule has 0 aromatic carbocycles. The summed E-state index contributed by atoms with van der Waals surface area (Å²) in [6.45, 7) is 15.5. The molecular weight excluding hydrogens is 512 g/mol. The number of allylic oxidation sites excluding steroid dienone is 1. The molecule has 0 bridgehead atoms. The lowest BCUT2D eigenvalue weighted by atomic mass is 9.38. The van der Waals surface area contributed by atoms with E-state index in [1.54, 1.807) is 13.8 Å². The van der Waals surface area contributed by atoms with Crippen molar-refractivity contribution >= 4 is 23.3 Å². The van der Waals surface area contributed by atoms with Crippen LogP contribution in [0.2, 0.25) is 0 Å². The van der Waals surface area contributed by atoms with Crippen LogP contribution >= 0.6 is 0 Å². The zero-order valence-electron chi connectivity index (χ0n) is 25.3. The minimum atomic E-state index is -1.99. The third-order valence-electron chi connectivity index (χ3n) is 11.6. The van der Waals surface area contributed by atoms with Crippen LogP contribution in [0.25, 0.3) is 0 Å². The van der Waals surface area contributed by atoms with E-state index in [1.807, 2.05) is 27.7 Å². The van der Waals surface area contributed by atoms with E-state index in [-0.39, 0.29) is 36.2 Å². The number of aliphatic hydroxyl groups is 3. The van der Waals surface area contributed by atoms with E-state index < -0.39 is 62.7 Å². The van der Waals surface area contributed by atoms with Crippen LogP contribution in [-0.4, -0.2) is 62.0 Å². The van der Waals surface area contributed by atoms with Gasteiger partial charge in [-0.15, -0.1) is 0 Å². The van der Waals surface area contributed by atoms with Crippen LogP contribution in [0.1, 0.15) is 88.0 Å². The number of esters is 1. The molecule has 0 radical (unpaired) electrons. The minimum absolute atomic E-state index is 0.0399. The van der Waals surface area contributed by atoms with Gasteiger partial charge in [-0.3, -0.25) is 19.2 Å². The number of Topliss-reactive ketones (excluding diaryl/α,β-unsaturated/α-hetero) is 2. The molecule has 40 heavy (non-hydrogen) atoms. The summed E-state index contributed by atoms with van der Waals surface area (Å²) in [5.41, 5.74) is -5.33. The average molecular weight is 559 g/mol. The van der Waals surface area contributed by atoms with E-state index in [4.69, 9.17) is 4.74 Å². The maximum absolute atomic E-state index is 14.3. The normalized spacial score (nSPS) is 42.4. The molecule has 8 heteroatoms. The number of hydrogen-bond acceptors (Lipinski definition) is 8. The van der Waals surface area contributed by atoms with E-state index >= 15 is 0 Å². The monoisotopic (exact) mass is 558 g/mol. The third-order valence-corrected chi connectivity index (χ3v) is 11.6. The van der Waals surface area contributed by atoms with Crippen molar-refractivity contribution < 1.29 is 39.2 Å². The second kappa shape index (κ2) is 9.17. The van der Waals surface area contributed by atoms with Crippen molar-refractivity contribution in [3.05, 3.63) is 23.8 Å². The zero-order chi connectivity index (χ0) is 30.4. The molecule has 9 atom stereocenters. The van der Waals surface area contributed by atoms with E-state index in [0.717, 1.165) is 5.57 Å². The first-order chi connectivity index (χ1) is 18.1. The van der Waals surface area contributed by atoms with Gasteiger partial charge in [-0.05, 0) is 68.4 Å². The Labute approximate surface area is 237 Å². The highest BCUT2D eigenvalue weighted by Crippen LogP contribution is 2.74. The lowest BCUT2D eigenvalue weighted by molar-refractivity contribution is -0.183. The summed E-state index contributed by atoms with van der Waals surface area (Å²) in [6, 6.07) is 0. The largest absolute Gasteiger partial charge is 0.456 e. The molecule has 0 heterocycles. The van der Waals surface area contributed by atoms with E-state index in [1.165, 1.54) is 26.0 Å². The van der Waals surface area contributed by atoms with Crippen LogP contribution in [0.15, 0.2) is 23.8 Å². The van der Waals surface area contributed by atoms with Crippen molar-refractivity contribution in [2.75, 3.05) is 0 Å². The molecule has 0 aromatic rings. The average Bonchev–Trinajstić information content (AvgIpc) is 3.01. The number of rotatable bonds is 5. The molecule has 3 unspecified atom stereocenters. The van der Waals surface area contributed by atoms with Gasteiger partial charge in [0.05, 0.1) is 6.10 Å². The first-order valence-electron chi connectivity index (χ1n) is 14.4. The highest BCUT2D eigenvalue weighted by Gasteiger charge is 2.74. The second-order valence-corrected chi connectivity index (χ2v) is 14.8. The molecule has 0 saturated heterocycles. The fraction of sp³-hybridized carbons (Fsp3) is 0.750. The van der Waals surface area contributed by atoms with Crippen molar-refractivity contribution in [3.8, 4) is 0 Å². The number of fused-ring (bicyclic) bond motifs is 5. The number of ether oxygens (including phenoxy) is 1. The topological polar surface area (TPSA) is 138 Å². The number of aliphatic hydroxyl groups excluding tert-OH is 2. The van der Waals surface area contributed by atoms with Crippen molar-refractivity contribution in [1.82, 2.24) is 0 Å². The Kier molecular flexibility index (Phi) is 7.06. The first kappa shape index (κ1) is 30.8. The fourth-order valence-electron chi connectivity index (χ4n) is 9.35.